The number of ether oxygens (including phenoxy) is 1. The molecule has 3 aromatic rings. The summed E-state index contributed by atoms with van der Waals surface area (Å²) in [7, 11) is 0. The van der Waals surface area contributed by atoms with E-state index in [1.54, 1.807) is 0 Å². The Bertz CT molecular complexity index is 793. The van der Waals surface area contributed by atoms with Crippen molar-refractivity contribution in [2.75, 3.05) is 0 Å². The third-order valence-electron chi connectivity index (χ3n) is 3.65. The first kappa shape index (κ1) is 16.1. The number of halogens is 3. The summed E-state index contributed by atoms with van der Waals surface area (Å²) < 4.78 is 44.2. The fourth-order valence-corrected chi connectivity index (χ4v) is 2.41. The summed E-state index contributed by atoms with van der Waals surface area (Å²) in [6, 6.07) is 22.7. The van der Waals surface area contributed by atoms with Gasteiger partial charge in [-0.2, -0.15) is 13.2 Å². The van der Waals surface area contributed by atoms with Crippen molar-refractivity contribution in [1.29, 1.82) is 0 Å². The van der Waals surface area contributed by atoms with Crippen LogP contribution in [0, 0.1) is 0 Å². The molecule has 0 bridgehead atoms. The molecule has 0 N–H and O–H groups in total. The molecule has 4 heteroatoms. The van der Waals surface area contributed by atoms with Crippen molar-refractivity contribution in [2.45, 2.75) is 12.8 Å². The summed E-state index contributed by atoms with van der Waals surface area (Å²) in [6.07, 6.45) is -4.42. The average Bonchev–Trinajstić information content (AvgIpc) is 2.61. The van der Waals surface area contributed by atoms with E-state index in [1.807, 2.05) is 54.6 Å². The van der Waals surface area contributed by atoms with Crippen LogP contribution in [0.25, 0.3) is 11.1 Å². The van der Waals surface area contributed by atoms with Crippen molar-refractivity contribution < 1.29 is 17.9 Å². The predicted molar refractivity (Wildman–Crippen MR) is 87.7 cm³/mol. The Morgan fingerprint density at radius 1 is 0.667 bits per heavy atom. The summed E-state index contributed by atoms with van der Waals surface area (Å²) in [5.74, 6) is -0.155. The van der Waals surface area contributed by atoms with E-state index in [1.165, 1.54) is 18.2 Å². The third kappa shape index (κ3) is 3.77. The van der Waals surface area contributed by atoms with Gasteiger partial charge in [0.2, 0.25) is 0 Å². The largest absolute Gasteiger partial charge is 0.488 e. The zero-order valence-corrected chi connectivity index (χ0v) is 12.8. The maximum Gasteiger partial charge on any atom is 0.419 e. The Kier molecular flexibility index (Phi) is 4.56. The summed E-state index contributed by atoms with van der Waals surface area (Å²) in [5, 5.41) is 0. The van der Waals surface area contributed by atoms with Gasteiger partial charge >= 0.3 is 6.18 Å². The molecule has 3 aromatic carbocycles. The molecular formula is C20H15F3O. The number of benzene rings is 3. The van der Waals surface area contributed by atoms with Crippen LogP contribution in [0.5, 0.6) is 5.75 Å². The Morgan fingerprint density at radius 2 is 1.25 bits per heavy atom. The molecular weight excluding hydrogens is 313 g/mol. The lowest BCUT2D eigenvalue weighted by atomic mass is 10.0. The minimum absolute atomic E-state index is 0.0855. The summed E-state index contributed by atoms with van der Waals surface area (Å²) in [5.41, 5.74) is 2.19. The highest BCUT2D eigenvalue weighted by molar-refractivity contribution is 5.63. The van der Waals surface area contributed by atoms with Crippen molar-refractivity contribution in [3.8, 4) is 16.9 Å². The van der Waals surface area contributed by atoms with Gasteiger partial charge in [-0.3, -0.25) is 0 Å². The van der Waals surface area contributed by atoms with Gasteiger partial charge in [-0.05, 0) is 28.8 Å². The smallest absolute Gasteiger partial charge is 0.419 e. The standard InChI is InChI=1S/C20H15F3O/c21-20(22,23)18-8-4-5-9-19(18)24-14-15-10-12-17(13-11-15)16-6-2-1-3-7-16/h1-13H,14H2. The maximum atomic E-state index is 12.9. The van der Waals surface area contributed by atoms with Gasteiger partial charge < -0.3 is 4.74 Å². The first-order valence-corrected chi connectivity index (χ1v) is 7.47. The molecule has 0 aliphatic heterocycles. The first-order valence-electron chi connectivity index (χ1n) is 7.47. The normalized spacial score (nSPS) is 11.3. The molecule has 0 aliphatic carbocycles. The van der Waals surface area contributed by atoms with Gasteiger partial charge in [-0.15, -0.1) is 0 Å². The van der Waals surface area contributed by atoms with E-state index in [2.05, 4.69) is 0 Å². The van der Waals surface area contributed by atoms with Crippen LogP contribution in [-0.2, 0) is 12.8 Å². The fraction of sp³-hybridized carbons (Fsp3) is 0.100. The summed E-state index contributed by atoms with van der Waals surface area (Å²) in [6.45, 7) is 0.0855. The summed E-state index contributed by atoms with van der Waals surface area (Å²) >= 11 is 0. The van der Waals surface area contributed by atoms with E-state index in [0.717, 1.165) is 22.8 Å². The van der Waals surface area contributed by atoms with E-state index in [-0.39, 0.29) is 12.4 Å². The molecule has 24 heavy (non-hydrogen) atoms. The predicted octanol–water partition coefficient (Wildman–Crippen LogP) is 5.95. The van der Waals surface area contributed by atoms with Gasteiger partial charge in [0.15, 0.2) is 0 Å². The van der Waals surface area contributed by atoms with Crippen LogP contribution in [0.4, 0.5) is 13.2 Å². The van der Waals surface area contributed by atoms with Crippen LogP contribution in [-0.4, -0.2) is 0 Å². The number of hydrogen-bond acceptors (Lipinski definition) is 1. The van der Waals surface area contributed by atoms with Crippen LogP contribution < -0.4 is 4.74 Å². The quantitative estimate of drug-likeness (QED) is 0.575. The van der Waals surface area contributed by atoms with Crippen molar-refractivity contribution in [3.05, 3.63) is 90.0 Å². The van der Waals surface area contributed by atoms with E-state index >= 15 is 0 Å². The van der Waals surface area contributed by atoms with Gasteiger partial charge in [0.1, 0.15) is 12.4 Å². The van der Waals surface area contributed by atoms with Crippen molar-refractivity contribution in [3.63, 3.8) is 0 Å². The molecule has 0 fully saturated rings. The SMILES string of the molecule is FC(F)(F)c1ccccc1OCc1ccc(-c2ccccc2)cc1. The molecule has 3 rings (SSSR count). The molecule has 0 aliphatic rings. The Labute approximate surface area is 138 Å². The third-order valence-corrected chi connectivity index (χ3v) is 3.65. The van der Waals surface area contributed by atoms with Crippen molar-refractivity contribution >= 4 is 0 Å². The van der Waals surface area contributed by atoms with Crippen LogP contribution in [0.15, 0.2) is 78.9 Å². The number of hydrogen-bond donors (Lipinski definition) is 0. The number of para-hydroxylation sites is 1. The van der Waals surface area contributed by atoms with Gasteiger partial charge in [0.25, 0.3) is 0 Å². The zero-order chi connectivity index (χ0) is 17.0. The molecule has 0 spiro atoms. The minimum atomic E-state index is -4.42. The monoisotopic (exact) mass is 328 g/mol. The van der Waals surface area contributed by atoms with E-state index in [0.29, 0.717) is 0 Å². The van der Waals surface area contributed by atoms with Gasteiger partial charge in [-0.1, -0.05) is 66.7 Å². The lowest BCUT2D eigenvalue weighted by Gasteiger charge is -2.14. The molecule has 0 aromatic heterocycles. The van der Waals surface area contributed by atoms with Crippen molar-refractivity contribution in [1.82, 2.24) is 0 Å². The molecule has 0 radical (unpaired) electrons. The van der Waals surface area contributed by atoms with Crippen LogP contribution in [0.1, 0.15) is 11.1 Å². The Balaban J connectivity index is 1.72. The molecule has 0 unspecified atom stereocenters. The zero-order valence-electron chi connectivity index (χ0n) is 12.8. The molecule has 0 amide bonds. The highest BCUT2D eigenvalue weighted by atomic mass is 19.4. The topological polar surface area (TPSA) is 9.23 Å². The van der Waals surface area contributed by atoms with Crippen LogP contribution in [0.2, 0.25) is 0 Å². The molecule has 0 atom stereocenters. The molecule has 0 heterocycles. The highest BCUT2D eigenvalue weighted by Gasteiger charge is 2.33. The van der Waals surface area contributed by atoms with Gasteiger partial charge in [-0.25, -0.2) is 0 Å². The van der Waals surface area contributed by atoms with Gasteiger partial charge in [0, 0.05) is 0 Å². The molecule has 0 saturated carbocycles. The Morgan fingerprint density at radius 3 is 1.92 bits per heavy atom. The van der Waals surface area contributed by atoms with Crippen LogP contribution in [0.3, 0.4) is 0 Å². The average molecular weight is 328 g/mol. The minimum Gasteiger partial charge on any atom is -0.488 e. The lowest BCUT2D eigenvalue weighted by Crippen LogP contribution is -2.08. The first-order chi connectivity index (χ1) is 11.5. The number of rotatable bonds is 4. The van der Waals surface area contributed by atoms with E-state index < -0.39 is 11.7 Å². The number of alkyl halides is 3. The van der Waals surface area contributed by atoms with Gasteiger partial charge in [0.05, 0.1) is 5.56 Å². The molecule has 1 nitrogen and oxygen atoms in total. The Hall–Kier alpha value is -2.75. The fourth-order valence-electron chi connectivity index (χ4n) is 2.41. The second-order valence-corrected chi connectivity index (χ2v) is 5.35. The maximum absolute atomic E-state index is 12.9. The highest BCUT2D eigenvalue weighted by Crippen LogP contribution is 2.36. The molecule has 0 saturated heterocycles. The second kappa shape index (κ2) is 6.79. The van der Waals surface area contributed by atoms with E-state index in [9.17, 15) is 13.2 Å². The van der Waals surface area contributed by atoms with Crippen molar-refractivity contribution in [2.24, 2.45) is 0 Å². The molecule has 122 valence electrons. The lowest BCUT2D eigenvalue weighted by molar-refractivity contribution is -0.139. The summed E-state index contributed by atoms with van der Waals surface area (Å²) in [4.78, 5) is 0. The van der Waals surface area contributed by atoms with E-state index in [4.69, 9.17) is 4.74 Å². The van der Waals surface area contributed by atoms with Crippen LogP contribution >= 0.6 is 0 Å². The second-order valence-electron chi connectivity index (χ2n) is 5.35.